The number of allylic oxidation sites excluding steroid dienone is 2. The Labute approximate surface area is 137 Å². The Bertz CT molecular complexity index is 250. The molecule has 0 aromatic rings. The Balaban J connectivity index is 4.17. The van der Waals surface area contributed by atoms with Gasteiger partial charge in [0.05, 0.1) is 16.1 Å². The van der Waals surface area contributed by atoms with Crippen molar-refractivity contribution in [3.63, 3.8) is 0 Å². The van der Waals surface area contributed by atoms with Crippen molar-refractivity contribution < 1.29 is 0 Å². The largest absolute Gasteiger partial charge is 0.0981 e. The average Bonchev–Trinajstić information content (AvgIpc) is 2.55. The summed E-state index contributed by atoms with van der Waals surface area (Å²) in [5.74, 6) is 0. The van der Waals surface area contributed by atoms with Crippen molar-refractivity contribution in [1.29, 1.82) is 0 Å². The van der Waals surface area contributed by atoms with Crippen LogP contribution in [0.1, 0.15) is 60.8 Å². The summed E-state index contributed by atoms with van der Waals surface area (Å²) >= 11 is 0. The van der Waals surface area contributed by atoms with Gasteiger partial charge in [0.2, 0.25) is 0 Å². The summed E-state index contributed by atoms with van der Waals surface area (Å²) in [4.78, 5) is 0. The predicted octanol–water partition coefficient (Wildman–Crippen LogP) is 7.36. The molecule has 2 heteroatoms. The quantitative estimate of drug-likeness (QED) is 0.260. The third kappa shape index (κ3) is 7.14. The average molecular weight is 325 g/mol. The van der Waals surface area contributed by atoms with Crippen molar-refractivity contribution in [2.45, 2.75) is 97.1 Å². The van der Waals surface area contributed by atoms with E-state index in [1.807, 2.05) is 0 Å². The molecule has 0 aliphatic heterocycles. The van der Waals surface area contributed by atoms with Gasteiger partial charge in [-0.05, 0) is 19.3 Å². The molecule has 21 heavy (non-hydrogen) atoms. The number of hydrogen-bond acceptors (Lipinski definition) is 0. The summed E-state index contributed by atoms with van der Waals surface area (Å²) in [6.45, 7) is 14.3. The van der Waals surface area contributed by atoms with Crippen LogP contribution in [0.5, 0.6) is 0 Å². The second kappa shape index (κ2) is 11.5. The topological polar surface area (TPSA) is 0 Å². The zero-order valence-electron chi connectivity index (χ0n) is 15.7. The van der Waals surface area contributed by atoms with Gasteiger partial charge in [-0.1, -0.05) is 101 Å². The molecule has 0 spiro atoms. The van der Waals surface area contributed by atoms with Gasteiger partial charge in [0.25, 0.3) is 0 Å². The van der Waals surface area contributed by atoms with Gasteiger partial charge in [0.15, 0.2) is 0 Å². The number of hydrogen-bond donors (Lipinski definition) is 0. The van der Waals surface area contributed by atoms with E-state index in [9.17, 15) is 0 Å². The molecule has 0 atom stereocenters. The molecule has 0 rings (SSSR count). The highest BCUT2D eigenvalue weighted by atomic mass is 28.3. The smallest absolute Gasteiger partial charge is 0.0766 e. The van der Waals surface area contributed by atoms with Crippen LogP contribution in [0.4, 0.5) is 0 Å². The summed E-state index contributed by atoms with van der Waals surface area (Å²) < 4.78 is 0. The minimum absolute atomic E-state index is 1.02. The van der Waals surface area contributed by atoms with E-state index in [2.05, 4.69) is 65.1 Å². The summed E-state index contributed by atoms with van der Waals surface area (Å²) in [5.41, 5.74) is 5.28. The van der Waals surface area contributed by atoms with Gasteiger partial charge in [-0.15, -0.1) is 0 Å². The fourth-order valence-electron chi connectivity index (χ4n) is 3.23. The lowest BCUT2D eigenvalue weighted by molar-refractivity contribution is 0.868. The van der Waals surface area contributed by atoms with Crippen LogP contribution in [0.3, 0.4) is 0 Å². The number of rotatable bonds is 12. The van der Waals surface area contributed by atoms with Gasteiger partial charge in [-0.25, -0.2) is 0 Å². The van der Waals surface area contributed by atoms with E-state index in [1.165, 1.54) is 55.5 Å². The summed E-state index contributed by atoms with van der Waals surface area (Å²) in [7, 11) is -2.05. The number of unbranched alkanes of at least 4 members (excludes halogenated alkanes) is 2. The molecule has 0 saturated carbocycles. The van der Waals surface area contributed by atoms with E-state index >= 15 is 0 Å². The summed E-state index contributed by atoms with van der Waals surface area (Å²) in [5, 5.41) is 0. The zero-order chi connectivity index (χ0) is 16.2. The van der Waals surface area contributed by atoms with Crippen LogP contribution in [0.2, 0.25) is 36.3 Å². The fraction of sp³-hybridized carbons (Fsp3) is 0.789. The van der Waals surface area contributed by atoms with Gasteiger partial charge in [-0.3, -0.25) is 0 Å². The normalized spacial score (nSPS) is 13.6. The van der Waals surface area contributed by atoms with E-state index < -0.39 is 16.1 Å². The van der Waals surface area contributed by atoms with Gasteiger partial charge in [-0.2, -0.15) is 0 Å². The fourth-order valence-corrected chi connectivity index (χ4v) is 8.97. The lowest BCUT2D eigenvalue weighted by Crippen LogP contribution is -2.28. The first-order chi connectivity index (χ1) is 10.1. The predicted molar refractivity (Wildman–Crippen MR) is 107 cm³/mol. The van der Waals surface area contributed by atoms with E-state index in [4.69, 9.17) is 0 Å². The van der Waals surface area contributed by atoms with Gasteiger partial charge in [0.1, 0.15) is 0 Å². The van der Waals surface area contributed by atoms with Crippen LogP contribution in [0.25, 0.3) is 0 Å². The summed E-state index contributed by atoms with van der Waals surface area (Å²) in [6, 6.07) is 8.46. The maximum atomic E-state index is 2.64. The van der Waals surface area contributed by atoms with Crippen molar-refractivity contribution in [2.24, 2.45) is 0 Å². The maximum absolute atomic E-state index is 2.64. The lowest BCUT2D eigenvalue weighted by Gasteiger charge is -2.23. The van der Waals surface area contributed by atoms with Crippen molar-refractivity contribution in [2.75, 3.05) is 0 Å². The molecule has 0 amide bonds. The molecule has 0 bridgehead atoms. The van der Waals surface area contributed by atoms with Gasteiger partial charge < -0.3 is 0 Å². The van der Waals surface area contributed by atoms with Crippen LogP contribution in [0.15, 0.2) is 23.6 Å². The minimum Gasteiger partial charge on any atom is -0.0981 e. The molecule has 0 N–H and O–H groups in total. The molecule has 0 aromatic heterocycles. The third-order valence-corrected chi connectivity index (χ3v) is 16.2. The van der Waals surface area contributed by atoms with Crippen LogP contribution in [-0.4, -0.2) is 16.1 Å². The first-order valence-corrected chi connectivity index (χ1v) is 14.8. The van der Waals surface area contributed by atoms with Crippen molar-refractivity contribution in [1.82, 2.24) is 0 Å². The van der Waals surface area contributed by atoms with Crippen LogP contribution >= 0.6 is 0 Å². The van der Waals surface area contributed by atoms with E-state index in [-0.39, 0.29) is 0 Å². The minimum atomic E-state index is -1.02. The van der Waals surface area contributed by atoms with Gasteiger partial charge >= 0.3 is 0 Å². The van der Waals surface area contributed by atoms with Crippen molar-refractivity contribution in [3.05, 3.63) is 23.6 Å². The third-order valence-electron chi connectivity index (χ3n) is 5.91. The zero-order valence-corrected chi connectivity index (χ0v) is 17.7. The van der Waals surface area contributed by atoms with Crippen molar-refractivity contribution in [3.8, 4) is 0 Å². The molecule has 0 unspecified atom stereocenters. The lowest BCUT2D eigenvalue weighted by atomic mass is 10.2. The molecule has 0 radical (unpaired) electrons. The van der Waals surface area contributed by atoms with Crippen LogP contribution in [0, 0.1) is 0 Å². The Morgan fingerprint density at radius 1 is 0.524 bits per heavy atom. The Morgan fingerprint density at radius 3 is 1.05 bits per heavy atom. The molecule has 0 heterocycles. The van der Waals surface area contributed by atoms with Gasteiger partial charge in [0, 0.05) is 0 Å². The standard InChI is InChI=1S/C19H40Si2/c1-7-20(8-2,9-3)18-16-14-13-15-17-19-21(10-4,11-5)12-6/h16-19H,7-15H2,1-6H3/b18-16-,19-17-. The highest BCUT2D eigenvalue weighted by molar-refractivity contribution is 6.84. The van der Waals surface area contributed by atoms with Crippen LogP contribution in [-0.2, 0) is 0 Å². The molecule has 0 fully saturated rings. The molecule has 0 saturated heterocycles. The highest BCUT2D eigenvalue weighted by Crippen LogP contribution is 2.23. The molecule has 0 aliphatic carbocycles. The molecular weight excluding hydrogens is 284 g/mol. The molecular formula is C19H40Si2. The van der Waals surface area contributed by atoms with E-state index in [1.54, 1.807) is 0 Å². The summed E-state index contributed by atoms with van der Waals surface area (Å²) in [6.07, 6.45) is 8.88. The van der Waals surface area contributed by atoms with Crippen LogP contribution < -0.4 is 0 Å². The first kappa shape index (κ1) is 20.9. The SMILES string of the molecule is CC[Si](/C=C\CCC/C=C\[Si](CC)(CC)CC)(CC)CC. The second-order valence-corrected chi connectivity index (χ2v) is 16.9. The molecule has 0 aromatic carbocycles. The monoisotopic (exact) mass is 324 g/mol. The molecule has 124 valence electrons. The molecule has 0 aliphatic rings. The Kier molecular flexibility index (Phi) is 11.4. The van der Waals surface area contributed by atoms with E-state index in [0.717, 1.165) is 0 Å². The Morgan fingerprint density at radius 2 is 0.810 bits per heavy atom. The second-order valence-electron chi connectivity index (χ2n) is 6.58. The maximum Gasteiger partial charge on any atom is 0.0766 e. The Hall–Kier alpha value is -0.0862. The van der Waals surface area contributed by atoms with E-state index in [0.29, 0.717) is 0 Å². The molecule has 0 nitrogen and oxygen atoms in total. The first-order valence-electron chi connectivity index (χ1n) is 9.42. The highest BCUT2D eigenvalue weighted by Gasteiger charge is 2.23. The van der Waals surface area contributed by atoms with Crippen molar-refractivity contribution >= 4 is 16.1 Å².